The Morgan fingerprint density at radius 2 is 1.68 bits per heavy atom. The largest absolute Gasteiger partial charge is 0.480 e. The molecule has 0 saturated heterocycles. The van der Waals surface area contributed by atoms with Crippen molar-refractivity contribution >= 4 is 28.7 Å². The van der Waals surface area contributed by atoms with Crippen molar-refractivity contribution in [3.63, 3.8) is 0 Å². The van der Waals surface area contributed by atoms with Crippen LogP contribution in [0.2, 0.25) is 0 Å². The fourth-order valence-corrected chi connectivity index (χ4v) is 3.45. The van der Waals surface area contributed by atoms with Crippen molar-refractivity contribution in [2.75, 3.05) is 0 Å². The van der Waals surface area contributed by atoms with Crippen LogP contribution >= 0.6 is 0 Å². The first-order chi connectivity index (χ1) is 14.7. The highest BCUT2D eigenvalue weighted by Gasteiger charge is 2.32. The number of H-pyrrole nitrogens is 1. The topological polar surface area (TPSA) is 137 Å². The second-order valence-electron chi connectivity index (χ2n) is 8.25. The lowest BCUT2D eigenvalue weighted by molar-refractivity contribution is -0.142. The Morgan fingerprint density at radius 3 is 2.29 bits per heavy atom. The van der Waals surface area contributed by atoms with Crippen LogP contribution in [0.15, 0.2) is 30.5 Å². The number of hydrogen-bond donors (Lipinski definition) is 5. The van der Waals surface area contributed by atoms with E-state index in [2.05, 4.69) is 15.6 Å². The molecule has 0 bridgehead atoms. The first-order valence-corrected chi connectivity index (χ1v) is 10.8. The molecule has 5 atom stereocenters. The van der Waals surface area contributed by atoms with Gasteiger partial charge in [-0.3, -0.25) is 9.59 Å². The van der Waals surface area contributed by atoms with Crippen LogP contribution < -0.4 is 16.4 Å². The highest BCUT2D eigenvalue weighted by atomic mass is 16.4. The summed E-state index contributed by atoms with van der Waals surface area (Å²) in [6.45, 7) is 7.57. The Balaban J connectivity index is 2.16. The molecule has 6 N–H and O–H groups in total. The van der Waals surface area contributed by atoms with Gasteiger partial charge in [0, 0.05) is 23.5 Å². The Labute approximate surface area is 183 Å². The lowest BCUT2D eigenvalue weighted by Crippen LogP contribution is -2.57. The number of hydrogen-bond acceptors (Lipinski definition) is 4. The van der Waals surface area contributed by atoms with Gasteiger partial charge in [0.2, 0.25) is 11.8 Å². The van der Waals surface area contributed by atoms with E-state index in [1.165, 1.54) is 0 Å². The number of nitrogens with two attached hydrogens (primary N) is 1. The average Bonchev–Trinajstić information content (AvgIpc) is 3.17. The van der Waals surface area contributed by atoms with Crippen LogP contribution in [0.25, 0.3) is 10.9 Å². The molecule has 1 heterocycles. The third kappa shape index (κ3) is 6.07. The minimum atomic E-state index is -1.14. The predicted molar refractivity (Wildman–Crippen MR) is 120 cm³/mol. The number of benzene rings is 1. The van der Waals surface area contributed by atoms with Crippen LogP contribution in [0.1, 0.15) is 46.1 Å². The molecule has 170 valence electrons. The number of carboxylic acid groups (broad SMARTS) is 1. The molecular weight excluding hydrogens is 396 g/mol. The summed E-state index contributed by atoms with van der Waals surface area (Å²) in [5.41, 5.74) is 7.71. The minimum absolute atomic E-state index is 0.0331. The number of rotatable bonds is 11. The average molecular weight is 431 g/mol. The van der Waals surface area contributed by atoms with Crippen molar-refractivity contribution < 1.29 is 19.5 Å². The fraction of sp³-hybridized carbons (Fsp3) is 0.522. The molecule has 8 nitrogen and oxygen atoms in total. The number of carbonyl (C=O) groups is 3. The van der Waals surface area contributed by atoms with E-state index in [0.29, 0.717) is 6.42 Å². The minimum Gasteiger partial charge on any atom is -0.480 e. The standard InChI is InChI=1S/C23H34N4O4/c1-5-13(3)19(24)21(28)27-20(14(4)6-2)22(29)26-18(23(30)31)11-15-12-25-17-10-8-7-9-16(15)17/h7-10,12-14,18-20,25H,5-6,11,24H2,1-4H3,(H,26,29)(H,27,28)(H,30,31). The number of para-hydroxylation sites is 1. The van der Waals surface area contributed by atoms with E-state index < -0.39 is 35.9 Å². The van der Waals surface area contributed by atoms with Gasteiger partial charge in [-0.1, -0.05) is 58.7 Å². The molecular formula is C23H34N4O4. The summed E-state index contributed by atoms with van der Waals surface area (Å²) in [5.74, 6) is -2.28. The molecule has 2 rings (SSSR count). The number of carbonyl (C=O) groups excluding carboxylic acids is 2. The summed E-state index contributed by atoms with van der Waals surface area (Å²) >= 11 is 0. The highest BCUT2D eigenvalue weighted by molar-refractivity contribution is 5.92. The van der Waals surface area contributed by atoms with Crippen LogP contribution in [0, 0.1) is 11.8 Å². The van der Waals surface area contributed by atoms with E-state index in [0.717, 1.165) is 22.9 Å². The van der Waals surface area contributed by atoms with E-state index in [1.807, 2.05) is 52.0 Å². The third-order valence-corrected chi connectivity index (χ3v) is 6.07. The van der Waals surface area contributed by atoms with E-state index >= 15 is 0 Å². The quantitative estimate of drug-likeness (QED) is 0.372. The molecule has 2 aromatic rings. The first kappa shape index (κ1) is 24.4. The zero-order chi connectivity index (χ0) is 23.1. The van der Waals surface area contributed by atoms with Gasteiger partial charge in [-0.25, -0.2) is 4.79 Å². The van der Waals surface area contributed by atoms with Crippen molar-refractivity contribution in [2.45, 2.75) is 65.1 Å². The first-order valence-electron chi connectivity index (χ1n) is 10.8. The summed E-state index contributed by atoms with van der Waals surface area (Å²) in [6, 6.07) is 4.86. The molecule has 0 aliphatic carbocycles. The van der Waals surface area contributed by atoms with E-state index in [1.54, 1.807) is 6.20 Å². The zero-order valence-corrected chi connectivity index (χ0v) is 18.6. The number of amides is 2. The lowest BCUT2D eigenvalue weighted by Gasteiger charge is -2.27. The van der Waals surface area contributed by atoms with Gasteiger partial charge in [-0.05, 0) is 23.5 Å². The molecule has 0 aliphatic rings. The molecule has 0 saturated carbocycles. The normalized spacial score (nSPS) is 16.2. The van der Waals surface area contributed by atoms with Gasteiger partial charge in [-0.2, -0.15) is 0 Å². The summed E-state index contributed by atoms with van der Waals surface area (Å²) in [4.78, 5) is 40.6. The van der Waals surface area contributed by atoms with Crippen molar-refractivity contribution in [1.29, 1.82) is 0 Å². The SMILES string of the molecule is CCC(C)C(N)C(=O)NC(C(=O)NC(Cc1c[nH]c2ccccc12)C(=O)O)C(C)CC. The molecule has 0 spiro atoms. The van der Waals surface area contributed by atoms with Crippen molar-refractivity contribution in [2.24, 2.45) is 17.6 Å². The van der Waals surface area contributed by atoms with Crippen molar-refractivity contribution in [3.8, 4) is 0 Å². The van der Waals surface area contributed by atoms with Gasteiger partial charge in [0.1, 0.15) is 12.1 Å². The Bertz CT molecular complexity index is 910. The molecule has 31 heavy (non-hydrogen) atoms. The van der Waals surface area contributed by atoms with Gasteiger partial charge in [0.25, 0.3) is 0 Å². The number of aliphatic carboxylic acids is 1. The number of nitrogens with one attached hydrogen (secondary N) is 3. The summed E-state index contributed by atoms with van der Waals surface area (Å²) in [7, 11) is 0. The van der Waals surface area contributed by atoms with Crippen molar-refractivity contribution in [1.82, 2.24) is 15.6 Å². The zero-order valence-electron chi connectivity index (χ0n) is 18.6. The van der Waals surface area contributed by atoms with Gasteiger partial charge in [-0.15, -0.1) is 0 Å². The molecule has 8 heteroatoms. The summed E-state index contributed by atoms with van der Waals surface area (Å²) in [6.07, 6.45) is 3.25. The van der Waals surface area contributed by atoms with Gasteiger partial charge in [0.05, 0.1) is 6.04 Å². The lowest BCUT2D eigenvalue weighted by atomic mass is 9.95. The van der Waals surface area contributed by atoms with Crippen LogP contribution in [0.3, 0.4) is 0 Å². The Hall–Kier alpha value is -2.87. The number of carboxylic acids is 1. The second kappa shape index (κ2) is 10.9. The van der Waals surface area contributed by atoms with Crippen LogP contribution in [0.5, 0.6) is 0 Å². The van der Waals surface area contributed by atoms with Gasteiger partial charge in [0.15, 0.2) is 0 Å². The monoisotopic (exact) mass is 430 g/mol. The molecule has 1 aromatic heterocycles. The van der Waals surface area contributed by atoms with E-state index in [4.69, 9.17) is 5.73 Å². The van der Waals surface area contributed by atoms with Crippen molar-refractivity contribution in [3.05, 3.63) is 36.0 Å². The van der Waals surface area contributed by atoms with Gasteiger partial charge >= 0.3 is 5.97 Å². The Morgan fingerprint density at radius 1 is 1.03 bits per heavy atom. The fourth-order valence-electron chi connectivity index (χ4n) is 3.45. The third-order valence-electron chi connectivity index (χ3n) is 6.07. The molecule has 2 amide bonds. The Kier molecular flexibility index (Phi) is 8.62. The molecule has 0 radical (unpaired) electrons. The second-order valence-corrected chi connectivity index (χ2v) is 8.25. The highest BCUT2D eigenvalue weighted by Crippen LogP contribution is 2.19. The number of aromatic nitrogens is 1. The smallest absolute Gasteiger partial charge is 0.326 e. The van der Waals surface area contributed by atoms with Crippen LogP contribution in [-0.2, 0) is 20.8 Å². The summed E-state index contributed by atoms with van der Waals surface area (Å²) < 4.78 is 0. The molecule has 0 fully saturated rings. The van der Waals surface area contributed by atoms with E-state index in [9.17, 15) is 19.5 Å². The summed E-state index contributed by atoms with van der Waals surface area (Å²) in [5, 5.41) is 16.0. The van der Waals surface area contributed by atoms with Gasteiger partial charge < -0.3 is 26.5 Å². The number of fused-ring (bicyclic) bond motifs is 1. The maximum atomic E-state index is 13.0. The van der Waals surface area contributed by atoms with Crippen LogP contribution in [0.4, 0.5) is 0 Å². The maximum Gasteiger partial charge on any atom is 0.326 e. The predicted octanol–water partition coefficient (Wildman–Crippen LogP) is 2.18. The van der Waals surface area contributed by atoms with E-state index in [-0.39, 0.29) is 18.3 Å². The number of aromatic amines is 1. The molecule has 5 unspecified atom stereocenters. The van der Waals surface area contributed by atoms with Crippen LogP contribution in [-0.4, -0.2) is 46.0 Å². The molecule has 1 aromatic carbocycles. The molecule has 0 aliphatic heterocycles. The maximum absolute atomic E-state index is 13.0.